The number of rotatable bonds is 4. The van der Waals surface area contributed by atoms with Crippen molar-refractivity contribution in [1.82, 2.24) is 14.5 Å². The van der Waals surface area contributed by atoms with E-state index in [2.05, 4.69) is 16.9 Å². The molecule has 0 radical (unpaired) electrons. The van der Waals surface area contributed by atoms with E-state index in [4.69, 9.17) is 5.73 Å². The lowest BCUT2D eigenvalue weighted by Crippen LogP contribution is -2.14. The number of thiazole rings is 1. The molecule has 2 aromatic rings. The minimum atomic E-state index is -0.365. The largest absolute Gasteiger partial charge is 0.369 e. The van der Waals surface area contributed by atoms with Crippen LogP contribution in [0.2, 0.25) is 0 Å². The Morgan fingerprint density at radius 3 is 2.94 bits per heavy atom. The van der Waals surface area contributed by atoms with E-state index in [-0.39, 0.29) is 16.4 Å². The predicted octanol–water partition coefficient (Wildman–Crippen LogP) is 1.08. The summed E-state index contributed by atoms with van der Waals surface area (Å²) in [5.41, 5.74) is 5.47. The molecule has 0 aliphatic rings. The van der Waals surface area contributed by atoms with Crippen LogP contribution in [0, 0.1) is 0 Å². The molecule has 6 nitrogen and oxygen atoms in total. The van der Waals surface area contributed by atoms with Crippen molar-refractivity contribution in [2.45, 2.75) is 26.3 Å². The highest BCUT2D eigenvalue weighted by atomic mass is 32.1. The van der Waals surface area contributed by atoms with Crippen LogP contribution < -0.4 is 16.2 Å². The van der Waals surface area contributed by atoms with E-state index in [0.717, 1.165) is 24.2 Å². The van der Waals surface area contributed by atoms with Crippen LogP contribution in [-0.2, 0) is 6.54 Å². The summed E-state index contributed by atoms with van der Waals surface area (Å²) >= 11 is 0.890. The summed E-state index contributed by atoms with van der Waals surface area (Å²) in [5.74, 6) is 0.0246. The van der Waals surface area contributed by atoms with Gasteiger partial charge in [0.15, 0.2) is 5.65 Å². The maximum Gasteiger partial charge on any atom is 0.309 e. The first-order valence-electron chi connectivity index (χ1n) is 5.67. The highest BCUT2D eigenvalue weighted by molar-refractivity contribution is 7.16. The quantitative estimate of drug-likeness (QED) is 0.810. The third-order valence-electron chi connectivity index (χ3n) is 2.45. The Bertz CT molecular complexity index is 695. The number of aromatic amines is 1. The Morgan fingerprint density at radius 1 is 1.44 bits per heavy atom. The van der Waals surface area contributed by atoms with Crippen LogP contribution in [-0.4, -0.2) is 14.5 Å². The third-order valence-corrected chi connectivity index (χ3v) is 3.42. The van der Waals surface area contributed by atoms with Gasteiger partial charge in [-0.25, -0.2) is 0 Å². The van der Waals surface area contributed by atoms with Crippen LogP contribution in [0.3, 0.4) is 0 Å². The number of allylic oxidation sites excluding steroid dienone is 2. The van der Waals surface area contributed by atoms with Crippen LogP contribution in [0.4, 0.5) is 5.95 Å². The van der Waals surface area contributed by atoms with Gasteiger partial charge >= 0.3 is 4.87 Å². The molecule has 0 aliphatic heterocycles. The van der Waals surface area contributed by atoms with E-state index in [1.165, 1.54) is 4.57 Å². The second-order valence-electron chi connectivity index (χ2n) is 3.84. The van der Waals surface area contributed by atoms with Crippen molar-refractivity contribution in [3.05, 3.63) is 32.2 Å². The Kier molecular flexibility index (Phi) is 3.61. The average molecular weight is 266 g/mol. The zero-order chi connectivity index (χ0) is 13.1. The van der Waals surface area contributed by atoms with Crippen molar-refractivity contribution in [3.8, 4) is 0 Å². The molecule has 0 atom stereocenters. The van der Waals surface area contributed by atoms with Crippen LogP contribution in [0.15, 0.2) is 21.7 Å². The molecule has 0 spiro atoms. The summed E-state index contributed by atoms with van der Waals surface area (Å²) in [7, 11) is 0. The van der Waals surface area contributed by atoms with Gasteiger partial charge in [0.25, 0.3) is 5.56 Å². The van der Waals surface area contributed by atoms with E-state index >= 15 is 0 Å². The average Bonchev–Trinajstić information content (AvgIpc) is 2.62. The van der Waals surface area contributed by atoms with Crippen molar-refractivity contribution in [1.29, 1.82) is 0 Å². The number of nitrogens with zero attached hydrogens (tertiary/aromatic N) is 2. The van der Waals surface area contributed by atoms with Crippen molar-refractivity contribution in [2.24, 2.45) is 0 Å². The van der Waals surface area contributed by atoms with Crippen LogP contribution in [0.1, 0.15) is 19.8 Å². The van der Waals surface area contributed by atoms with E-state index in [1.807, 2.05) is 12.2 Å². The molecule has 96 valence electrons. The molecule has 0 saturated carbocycles. The molecule has 0 fully saturated rings. The molecular weight excluding hydrogens is 252 g/mol. The first-order valence-corrected chi connectivity index (χ1v) is 6.49. The van der Waals surface area contributed by atoms with Gasteiger partial charge in [-0.3, -0.25) is 19.1 Å². The Morgan fingerprint density at radius 2 is 2.22 bits per heavy atom. The van der Waals surface area contributed by atoms with Crippen molar-refractivity contribution < 1.29 is 0 Å². The highest BCUT2D eigenvalue weighted by Gasteiger charge is 2.11. The second kappa shape index (κ2) is 5.18. The van der Waals surface area contributed by atoms with Gasteiger partial charge in [-0.2, -0.15) is 4.98 Å². The van der Waals surface area contributed by atoms with Gasteiger partial charge in [0.05, 0.1) is 0 Å². The van der Waals surface area contributed by atoms with Crippen LogP contribution in [0.5, 0.6) is 0 Å². The fraction of sp³-hybridized carbons (Fsp3) is 0.364. The number of nitrogen functional groups attached to an aromatic ring is 1. The Labute approximate surface area is 107 Å². The van der Waals surface area contributed by atoms with Crippen molar-refractivity contribution >= 4 is 27.6 Å². The highest BCUT2D eigenvalue weighted by Crippen LogP contribution is 2.10. The van der Waals surface area contributed by atoms with Gasteiger partial charge in [-0.1, -0.05) is 36.8 Å². The van der Waals surface area contributed by atoms with Crippen molar-refractivity contribution in [3.63, 3.8) is 0 Å². The summed E-state index contributed by atoms with van der Waals surface area (Å²) < 4.78 is 1.77. The molecule has 0 amide bonds. The first-order chi connectivity index (χ1) is 8.63. The molecule has 0 aliphatic carbocycles. The Balaban J connectivity index is 2.47. The molecule has 2 heterocycles. The summed E-state index contributed by atoms with van der Waals surface area (Å²) in [5, 5.41) is 0. The number of aromatic nitrogens is 3. The molecule has 0 saturated heterocycles. The number of anilines is 1. The van der Waals surface area contributed by atoms with Gasteiger partial charge in [0.1, 0.15) is 4.70 Å². The van der Waals surface area contributed by atoms with Crippen LogP contribution in [0.25, 0.3) is 10.3 Å². The molecule has 18 heavy (non-hydrogen) atoms. The van der Waals surface area contributed by atoms with Gasteiger partial charge in [-0.05, 0) is 6.42 Å². The monoisotopic (exact) mass is 266 g/mol. The van der Waals surface area contributed by atoms with Gasteiger partial charge < -0.3 is 5.73 Å². The minimum Gasteiger partial charge on any atom is -0.369 e. The van der Waals surface area contributed by atoms with Crippen LogP contribution >= 0.6 is 11.3 Å². The SMILES string of the molecule is CCC/C=C/Cn1c(=O)sc2c(=O)[nH]c(N)nc21. The fourth-order valence-electron chi connectivity index (χ4n) is 1.60. The summed E-state index contributed by atoms with van der Waals surface area (Å²) in [6, 6.07) is 0. The Hall–Kier alpha value is -1.89. The second-order valence-corrected chi connectivity index (χ2v) is 4.80. The molecular formula is C11H14N4O2S. The summed E-state index contributed by atoms with van der Waals surface area (Å²) in [6.45, 7) is 2.49. The first kappa shape index (κ1) is 12.6. The fourth-order valence-corrected chi connectivity index (χ4v) is 2.43. The van der Waals surface area contributed by atoms with E-state index in [0.29, 0.717) is 16.9 Å². The zero-order valence-corrected chi connectivity index (χ0v) is 10.8. The predicted molar refractivity (Wildman–Crippen MR) is 73.0 cm³/mol. The number of nitrogens with two attached hydrogens (primary N) is 1. The lowest BCUT2D eigenvalue weighted by molar-refractivity contribution is 0.818. The normalized spacial score (nSPS) is 11.6. The van der Waals surface area contributed by atoms with E-state index < -0.39 is 0 Å². The number of fused-ring (bicyclic) bond motifs is 1. The lowest BCUT2D eigenvalue weighted by atomic mass is 10.3. The smallest absolute Gasteiger partial charge is 0.309 e. The standard InChI is InChI=1S/C11H14N4O2S/c1-2-3-4-5-6-15-8-7(18-11(15)17)9(16)14-10(12)13-8/h4-5H,2-3,6H2,1H3,(H3,12,13,14,16)/b5-4+. The minimum absolute atomic E-state index is 0.0246. The lowest BCUT2D eigenvalue weighted by Gasteiger charge is -1.98. The number of H-pyrrole nitrogens is 1. The molecule has 0 aromatic carbocycles. The molecule has 2 rings (SSSR count). The van der Waals surface area contributed by atoms with E-state index in [1.54, 1.807) is 0 Å². The maximum atomic E-state index is 11.8. The third kappa shape index (κ3) is 2.35. The summed E-state index contributed by atoms with van der Waals surface area (Å²) in [6.07, 6.45) is 5.93. The maximum absolute atomic E-state index is 11.8. The number of hydrogen-bond acceptors (Lipinski definition) is 5. The molecule has 3 N–H and O–H groups in total. The van der Waals surface area contributed by atoms with E-state index in [9.17, 15) is 9.59 Å². The molecule has 0 unspecified atom stereocenters. The summed E-state index contributed by atoms with van der Waals surface area (Å²) in [4.78, 5) is 29.6. The molecule has 2 aromatic heterocycles. The van der Waals surface area contributed by atoms with Gasteiger partial charge in [-0.15, -0.1) is 0 Å². The number of unbranched alkanes of at least 4 members (excludes halogenated alkanes) is 1. The topological polar surface area (TPSA) is 93.8 Å². The molecule has 7 heteroatoms. The van der Waals surface area contributed by atoms with Gasteiger partial charge in [0, 0.05) is 6.54 Å². The van der Waals surface area contributed by atoms with Gasteiger partial charge in [0.2, 0.25) is 5.95 Å². The zero-order valence-electron chi connectivity index (χ0n) is 9.97. The number of hydrogen-bond donors (Lipinski definition) is 2. The molecule has 0 bridgehead atoms. The number of nitrogens with one attached hydrogen (secondary N) is 1. The van der Waals surface area contributed by atoms with Crippen molar-refractivity contribution in [2.75, 3.05) is 5.73 Å².